The highest BCUT2D eigenvalue weighted by Gasteiger charge is 2.21. The fourth-order valence-electron chi connectivity index (χ4n) is 2.92. The van der Waals surface area contributed by atoms with Crippen LogP contribution in [-0.4, -0.2) is 4.98 Å². The molecule has 0 amide bonds. The van der Waals surface area contributed by atoms with E-state index in [1.54, 1.807) is 4.57 Å². The Balaban J connectivity index is 2.03. The molecule has 0 spiro atoms. The summed E-state index contributed by atoms with van der Waals surface area (Å²) in [5, 5.41) is 1.22. The van der Waals surface area contributed by atoms with Crippen molar-refractivity contribution in [3.05, 3.63) is 84.1 Å². The van der Waals surface area contributed by atoms with E-state index in [0.29, 0.717) is 11.1 Å². The average Bonchev–Trinajstić information content (AvgIpc) is 2.63. The van der Waals surface area contributed by atoms with E-state index in [1.165, 1.54) is 0 Å². The second kappa shape index (κ2) is 5.95. The van der Waals surface area contributed by atoms with Crippen molar-refractivity contribution >= 4 is 28.3 Å². The molecule has 1 aromatic heterocycles. The number of nitrogens with two attached hydrogens (primary N) is 1. The fourth-order valence-corrected chi connectivity index (χ4v) is 3.19. The lowest BCUT2D eigenvalue weighted by Crippen LogP contribution is -2.37. The van der Waals surface area contributed by atoms with Gasteiger partial charge in [-0.15, -0.1) is 0 Å². The lowest BCUT2D eigenvalue weighted by Gasteiger charge is -2.12. The van der Waals surface area contributed by atoms with Crippen molar-refractivity contribution in [3.8, 4) is 16.8 Å². The second-order valence-corrected chi connectivity index (χ2v) is 5.84. The van der Waals surface area contributed by atoms with Gasteiger partial charge in [0.1, 0.15) is 5.69 Å². The number of nitrogens with zero attached hydrogens (tertiary/aromatic N) is 2. The number of hydrogen-bond acceptors (Lipinski definition) is 2. The first kappa shape index (κ1) is 14.7. The largest absolute Gasteiger partial charge is 0.340 e. The van der Waals surface area contributed by atoms with Gasteiger partial charge in [-0.05, 0) is 35.4 Å². The summed E-state index contributed by atoms with van der Waals surface area (Å²) >= 11 is 6.47. The molecule has 1 heterocycles. The standard InChI is InChI=1S/C20H14ClN3/c21-20-23-17-12-6-4-11-16(17)19(22)24(20)18-13-7-5-10-15(18)14-8-2-1-3-9-14/h1-13,22H/p+1. The number of nitrogen functional groups attached to an aromatic ring is 1. The third-order valence-corrected chi connectivity index (χ3v) is 4.30. The molecule has 3 aromatic carbocycles. The molecule has 0 fully saturated rings. The van der Waals surface area contributed by atoms with Gasteiger partial charge in [0.05, 0.1) is 5.39 Å². The lowest BCUT2D eigenvalue weighted by molar-refractivity contribution is -0.579. The van der Waals surface area contributed by atoms with Gasteiger partial charge in [-0.3, -0.25) is 0 Å². The molecular formula is C20H15ClN3+. The van der Waals surface area contributed by atoms with Crippen LogP contribution in [0, 0.1) is 0 Å². The van der Waals surface area contributed by atoms with Crippen molar-refractivity contribution in [3.63, 3.8) is 0 Å². The molecule has 4 rings (SSSR count). The van der Waals surface area contributed by atoms with Crippen molar-refractivity contribution in [1.82, 2.24) is 4.98 Å². The highest BCUT2D eigenvalue weighted by molar-refractivity contribution is 6.27. The van der Waals surface area contributed by atoms with Crippen LogP contribution in [0.4, 0.5) is 5.82 Å². The zero-order chi connectivity index (χ0) is 16.5. The van der Waals surface area contributed by atoms with E-state index in [9.17, 15) is 0 Å². The molecule has 2 N–H and O–H groups in total. The number of halogens is 1. The molecule has 0 aliphatic heterocycles. The van der Waals surface area contributed by atoms with E-state index in [2.05, 4.69) is 23.2 Å². The van der Waals surface area contributed by atoms with Gasteiger partial charge in [-0.25, -0.2) is 0 Å². The summed E-state index contributed by atoms with van der Waals surface area (Å²) in [5.74, 6) is 0.578. The zero-order valence-electron chi connectivity index (χ0n) is 12.9. The molecule has 0 atom stereocenters. The topological polar surface area (TPSA) is 42.8 Å². The highest BCUT2D eigenvalue weighted by atomic mass is 35.5. The van der Waals surface area contributed by atoms with Gasteiger partial charge in [0.15, 0.2) is 5.52 Å². The summed E-state index contributed by atoms with van der Waals surface area (Å²) in [4.78, 5) is 4.50. The molecular weight excluding hydrogens is 318 g/mol. The van der Waals surface area contributed by atoms with E-state index in [4.69, 9.17) is 17.3 Å². The number of anilines is 1. The average molecular weight is 333 g/mol. The Hall–Kier alpha value is -2.91. The maximum absolute atomic E-state index is 6.47. The minimum Gasteiger partial charge on any atom is -0.318 e. The number of para-hydroxylation sites is 2. The molecule has 0 aliphatic carbocycles. The molecule has 4 heteroatoms. The Morgan fingerprint density at radius 1 is 0.792 bits per heavy atom. The van der Waals surface area contributed by atoms with Gasteiger partial charge < -0.3 is 5.73 Å². The summed E-state index contributed by atoms with van der Waals surface area (Å²) in [6.45, 7) is 0. The van der Waals surface area contributed by atoms with Gasteiger partial charge in [0.25, 0.3) is 0 Å². The van der Waals surface area contributed by atoms with Crippen LogP contribution < -0.4 is 10.3 Å². The maximum Gasteiger partial charge on any atom is 0.340 e. The van der Waals surface area contributed by atoms with Crippen LogP contribution in [0.15, 0.2) is 78.9 Å². The zero-order valence-corrected chi connectivity index (χ0v) is 13.6. The van der Waals surface area contributed by atoms with Gasteiger partial charge >= 0.3 is 5.28 Å². The molecule has 0 saturated heterocycles. The molecule has 24 heavy (non-hydrogen) atoms. The lowest BCUT2D eigenvalue weighted by atomic mass is 10.0. The minimum absolute atomic E-state index is 0.342. The smallest absolute Gasteiger partial charge is 0.318 e. The van der Waals surface area contributed by atoms with Gasteiger partial charge in [0, 0.05) is 5.56 Å². The Morgan fingerprint density at radius 2 is 1.46 bits per heavy atom. The normalized spacial score (nSPS) is 10.9. The van der Waals surface area contributed by atoms with E-state index in [-0.39, 0.29) is 0 Å². The predicted octanol–water partition coefficient (Wildman–Crippen LogP) is 4.41. The van der Waals surface area contributed by atoms with Crippen LogP contribution in [0.3, 0.4) is 0 Å². The van der Waals surface area contributed by atoms with Crippen LogP contribution in [0.5, 0.6) is 0 Å². The maximum atomic E-state index is 6.47. The number of benzene rings is 3. The van der Waals surface area contributed by atoms with Crippen molar-refractivity contribution in [1.29, 1.82) is 0 Å². The van der Waals surface area contributed by atoms with Crippen LogP contribution in [-0.2, 0) is 0 Å². The van der Waals surface area contributed by atoms with Crippen molar-refractivity contribution < 1.29 is 4.57 Å². The van der Waals surface area contributed by atoms with Crippen LogP contribution in [0.25, 0.3) is 27.7 Å². The minimum atomic E-state index is 0.342. The van der Waals surface area contributed by atoms with Crippen molar-refractivity contribution in [2.24, 2.45) is 0 Å². The summed E-state index contributed by atoms with van der Waals surface area (Å²) in [5.41, 5.74) is 10.3. The molecule has 0 unspecified atom stereocenters. The van der Waals surface area contributed by atoms with E-state index < -0.39 is 0 Å². The molecule has 0 bridgehead atoms. The molecule has 0 aliphatic rings. The molecule has 0 radical (unpaired) electrons. The van der Waals surface area contributed by atoms with E-state index in [0.717, 1.165) is 27.7 Å². The van der Waals surface area contributed by atoms with E-state index >= 15 is 0 Å². The van der Waals surface area contributed by atoms with Crippen LogP contribution in [0.1, 0.15) is 0 Å². The predicted molar refractivity (Wildman–Crippen MR) is 98.1 cm³/mol. The summed E-state index contributed by atoms with van der Waals surface area (Å²) < 4.78 is 1.80. The van der Waals surface area contributed by atoms with Crippen LogP contribution >= 0.6 is 11.6 Å². The first-order valence-electron chi connectivity index (χ1n) is 7.66. The quantitative estimate of drug-likeness (QED) is 0.436. The van der Waals surface area contributed by atoms with Gasteiger partial charge in [-0.2, -0.15) is 4.57 Å². The molecule has 3 nitrogen and oxygen atoms in total. The summed E-state index contributed by atoms with van der Waals surface area (Å²) in [6.07, 6.45) is 0. The number of rotatable bonds is 2. The van der Waals surface area contributed by atoms with Crippen LogP contribution in [0.2, 0.25) is 5.28 Å². The first-order valence-corrected chi connectivity index (χ1v) is 8.04. The number of hydrogen-bond donors (Lipinski definition) is 1. The summed E-state index contributed by atoms with van der Waals surface area (Å²) in [6, 6.07) is 25.9. The van der Waals surface area contributed by atoms with Crippen molar-refractivity contribution in [2.45, 2.75) is 0 Å². The highest BCUT2D eigenvalue weighted by Crippen LogP contribution is 2.27. The summed E-state index contributed by atoms with van der Waals surface area (Å²) in [7, 11) is 0. The molecule has 4 aromatic rings. The Labute approximate surface area is 145 Å². The molecule has 116 valence electrons. The SMILES string of the molecule is Nc1c2ccccc2nc(Cl)[n+]1-c1ccccc1-c1ccccc1. The van der Waals surface area contributed by atoms with E-state index in [1.807, 2.05) is 60.7 Å². The fraction of sp³-hybridized carbons (Fsp3) is 0. The number of fused-ring (bicyclic) bond motifs is 1. The third kappa shape index (κ3) is 2.39. The third-order valence-electron chi connectivity index (χ3n) is 4.05. The van der Waals surface area contributed by atoms with Crippen molar-refractivity contribution in [2.75, 3.05) is 5.73 Å². The monoisotopic (exact) mass is 332 g/mol. The Kier molecular flexibility index (Phi) is 3.63. The molecule has 0 saturated carbocycles. The van der Waals surface area contributed by atoms with Gasteiger partial charge in [0.2, 0.25) is 5.82 Å². The Morgan fingerprint density at radius 3 is 2.29 bits per heavy atom. The Bertz CT molecular complexity index is 1030. The first-order chi connectivity index (χ1) is 11.8. The number of aromatic nitrogens is 2. The second-order valence-electron chi connectivity index (χ2n) is 5.50. The van der Waals surface area contributed by atoms with Gasteiger partial charge in [-0.1, -0.05) is 65.6 Å².